The Balaban J connectivity index is -0.00000112. The molecule has 0 aromatic carbocycles. The van der Waals surface area contributed by atoms with Gasteiger partial charge in [0.15, 0.2) is 0 Å². The third-order valence-corrected chi connectivity index (χ3v) is 3.39. The molecule has 0 spiro atoms. The van der Waals surface area contributed by atoms with E-state index in [2.05, 4.69) is 20.8 Å². The quantitative estimate of drug-likeness (QED) is 0.367. The fourth-order valence-electron chi connectivity index (χ4n) is 2.22. The third-order valence-electron chi connectivity index (χ3n) is 3.39. The summed E-state index contributed by atoms with van der Waals surface area (Å²) < 4.78 is 0. The van der Waals surface area contributed by atoms with Gasteiger partial charge in [-0.25, -0.2) is 0 Å². The Morgan fingerprint density at radius 1 is 0.647 bits per heavy atom. The van der Waals surface area contributed by atoms with Gasteiger partial charge in [-0.05, 0) is 5.92 Å². The summed E-state index contributed by atoms with van der Waals surface area (Å²) in [4.78, 5) is 0. The van der Waals surface area contributed by atoms with E-state index >= 15 is 0 Å². The molecule has 0 N–H and O–H groups in total. The Morgan fingerprint density at radius 2 is 1.00 bits per heavy atom. The molecule has 0 aliphatic heterocycles. The molecule has 0 rings (SSSR count). The maximum absolute atomic E-state index is 2.33. The van der Waals surface area contributed by atoms with Gasteiger partial charge >= 0.3 is 29.6 Å². The number of unbranched alkanes of at least 4 members (excludes halogenated alkanes) is 10. The van der Waals surface area contributed by atoms with E-state index in [0.29, 0.717) is 0 Å². The Bertz CT molecular complexity index is 126. The second-order valence-corrected chi connectivity index (χ2v) is 5.72. The zero-order valence-corrected chi connectivity index (χ0v) is 15.1. The number of hydrogen-bond donors (Lipinski definition) is 0. The Kier molecular flexibility index (Phi) is 20.3. The predicted molar refractivity (Wildman–Crippen MR) is 77.0 cm³/mol. The summed E-state index contributed by atoms with van der Waals surface area (Å²) in [5.41, 5.74) is 0. The summed E-state index contributed by atoms with van der Waals surface area (Å²) in [5.74, 6) is 0.901. The van der Waals surface area contributed by atoms with Crippen molar-refractivity contribution in [3.05, 3.63) is 0 Å². The Morgan fingerprint density at radius 3 is 1.35 bits per heavy atom. The molecular formula is C16H35Na. The van der Waals surface area contributed by atoms with Crippen molar-refractivity contribution in [1.82, 2.24) is 0 Å². The normalized spacial score (nSPS) is 10.6. The average molecular weight is 250 g/mol. The van der Waals surface area contributed by atoms with Gasteiger partial charge in [0.2, 0.25) is 0 Å². The van der Waals surface area contributed by atoms with E-state index in [1.165, 1.54) is 77.0 Å². The van der Waals surface area contributed by atoms with Crippen LogP contribution in [0.15, 0.2) is 0 Å². The van der Waals surface area contributed by atoms with Crippen molar-refractivity contribution >= 4 is 0 Å². The molecule has 0 radical (unpaired) electrons. The van der Waals surface area contributed by atoms with E-state index in [4.69, 9.17) is 0 Å². The van der Waals surface area contributed by atoms with E-state index in [1.54, 1.807) is 0 Å². The molecule has 0 saturated heterocycles. The molecular weight excluding hydrogens is 215 g/mol. The van der Waals surface area contributed by atoms with Gasteiger partial charge in [0.1, 0.15) is 0 Å². The molecule has 100 valence electrons. The van der Waals surface area contributed by atoms with Crippen LogP contribution >= 0.6 is 0 Å². The molecule has 0 unspecified atom stereocenters. The smallest absolute Gasteiger partial charge is 1.00 e. The minimum Gasteiger partial charge on any atom is -1.00 e. The van der Waals surface area contributed by atoms with Crippen LogP contribution in [0, 0.1) is 5.92 Å². The molecule has 1 heteroatoms. The van der Waals surface area contributed by atoms with E-state index in [-0.39, 0.29) is 31.0 Å². The SMILES string of the molecule is CCCCCCCCCCCCCC(C)C.[H-].[Na+]. The second kappa shape index (κ2) is 17.0. The minimum absolute atomic E-state index is 0. The van der Waals surface area contributed by atoms with E-state index in [9.17, 15) is 0 Å². The second-order valence-electron chi connectivity index (χ2n) is 5.72. The number of hydrogen-bond acceptors (Lipinski definition) is 0. The van der Waals surface area contributed by atoms with Crippen molar-refractivity contribution in [2.75, 3.05) is 0 Å². The van der Waals surface area contributed by atoms with Crippen molar-refractivity contribution in [2.24, 2.45) is 5.92 Å². The Labute approximate surface area is 134 Å². The van der Waals surface area contributed by atoms with Crippen LogP contribution in [0.1, 0.15) is 99.2 Å². The van der Waals surface area contributed by atoms with Crippen LogP contribution < -0.4 is 29.6 Å². The predicted octanol–water partition coefficient (Wildman–Crippen LogP) is 3.46. The van der Waals surface area contributed by atoms with Gasteiger partial charge in [-0.2, -0.15) is 0 Å². The molecule has 0 atom stereocenters. The topological polar surface area (TPSA) is 0 Å². The van der Waals surface area contributed by atoms with Crippen molar-refractivity contribution in [3.8, 4) is 0 Å². The first-order chi connectivity index (χ1) is 7.77. The van der Waals surface area contributed by atoms with Crippen LogP contribution in [0.25, 0.3) is 0 Å². The summed E-state index contributed by atoms with van der Waals surface area (Å²) in [5, 5.41) is 0. The molecule has 0 fully saturated rings. The maximum atomic E-state index is 2.33. The first-order valence-corrected chi connectivity index (χ1v) is 7.77. The molecule has 0 saturated carbocycles. The average Bonchev–Trinajstić information content (AvgIpc) is 2.25. The molecule has 17 heavy (non-hydrogen) atoms. The van der Waals surface area contributed by atoms with Crippen LogP contribution in [0.5, 0.6) is 0 Å². The van der Waals surface area contributed by atoms with E-state index < -0.39 is 0 Å². The summed E-state index contributed by atoms with van der Waals surface area (Å²) in [6.07, 6.45) is 17.5. The number of rotatable bonds is 12. The summed E-state index contributed by atoms with van der Waals surface area (Å²) in [6.45, 7) is 6.95. The molecule has 0 aromatic rings. The van der Waals surface area contributed by atoms with Crippen LogP contribution in [-0.2, 0) is 0 Å². The van der Waals surface area contributed by atoms with Gasteiger partial charge in [0.05, 0.1) is 0 Å². The largest absolute Gasteiger partial charge is 1.00 e. The fourth-order valence-corrected chi connectivity index (χ4v) is 2.22. The van der Waals surface area contributed by atoms with E-state index in [1.807, 2.05) is 0 Å². The van der Waals surface area contributed by atoms with Gasteiger partial charge in [-0.15, -0.1) is 0 Å². The monoisotopic (exact) mass is 250 g/mol. The van der Waals surface area contributed by atoms with Gasteiger partial charge in [0.25, 0.3) is 0 Å². The minimum atomic E-state index is 0. The van der Waals surface area contributed by atoms with Crippen LogP contribution in [0.4, 0.5) is 0 Å². The zero-order chi connectivity index (χ0) is 12.1. The molecule has 0 aromatic heterocycles. The third kappa shape index (κ3) is 19.5. The van der Waals surface area contributed by atoms with Crippen molar-refractivity contribution in [2.45, 2.75) is 97.8 Å². The Hall–Kier alpha value is 1.00. The van der Waals surface area contributed by atoms with Gasteiger partial charge in [0, 0.05) is 0 Å². The first kappa shape index (κ1) is 20.3. The van der Waals surface area contributed by atoms with Crippen LogP contribution in [0.2, 0.25) is 0 Å². The van der Waals surface area contributed by atoms with Crippen LogP contribution in [0.3, 0.4) is 0 Å². The van der Waals surface area contributed by atoms with Gasteiger partial charge in [-0.1, -0.05) is 97.8 Å². The van der Waals surface area contributed by atoms with Gasteiger partial charge < -0.3 is 1.43 Å². The molecule has 0 aliphatic carbocycles. The van der Waals surface area contributed by atoms with Crippen molar-refractivity contribution in [3.63, 3.8) is 0 Å². The van der Waals surface area contributed by atoms with Crippen molar-refractivity contribution < 1.29 is 31.0 Å². The summed E-state index contributed by atoms with van der Waals surface area (Å²) in [7, 11) is 0. The first-order valence-electron chi connectivity index (χ1n) is 7.77. The fraction of sp³-hybridized carbons (Fsp3) is 1.00. The van der Waals surface area contributed by atoms with E-state index in [0.717, 1.165) is 5.92 Å². The summed E-state index contributed by atoms with van der Waals surface area (Å²) >= 11 is 0. The standard InChI is InChI=1S/C16H34.Na.H/c1-4-5-6-7-8-9-10-11-12-13-14-15-16(2)3;;/h16H,4-15H2,1-3H3;;/q;+1;-1. The molecule has 0 aliphatic rings. The van der Waals surface area contributed by atoms with Crippen LogP contribution in [-0.4, -0.2) is 0 Å². The molecule has 0 nitrogen and oxygen atoms in total. The molecule has 0 bridgehead atoms. The molecule has 0 amide bonds. The van der Waals surface area contributed by atoms with Crippen molar-refractivity contribution in [1.29, 1.82) is 0 Å². The zero-order valence-electron chi connectivity index (χ0n) is 14.1. The van der Waals surface area contributed by atoms with Gasteiger partial charge in [-0.3, -0.25) is 0 Å². The maximum Gasteiger partial charge on any atom is 1.00 e. The summed E-state index contributed by atoms with van der Waals surface area (Å²) in [6, 6.07) is 0. The molecule has 0 heterocycles.